The number of carbonyl (C=O) groups excluding carboxylic acids is 1. The van der Waals surface area contributed by atoms with Crippen LogP contribution in [0.1, 0.15) is 18.5 Å². The SMILES string of the molecule is COC(=O)C1CCN(Cc2csc(Nc3ccc(OC)cc3)n2)CC1. The van der Waals surface area contributed by atoms with Gasteiger partial charge in [-0.1, -0.05) is 0 Å². The first kappa shape index (κ1) is 17.7. The van der Waals surface area contributed by atoms with Gasteiger partial charge in [-0.25, -0.2) is 4.98 Å². The second-order valence-corrected chi connectivity index (χ2v) is 6.93. The van der Waals surface area contributed by atoms with Gasteiger partial charge in [-0.2, -0.15) is 0 Å². The molecule has 25 heavy (non-hydrogen) atoms. The van der Waals surface area contributed by atoms with E-state index in [1.807, 2.05) is 24.3 Å². The van der Waals surface area contributed by atoms with E-state index >= 15 is 0 Å². The number of likely N-dealkylation sites (tertiary alicyclic amines) is 1. The molecule has 0 radical (unpaired) electrons. The number of nitrogens with one attached hydrogen (secondary N) is 1. The fourth-order valence-electron chi connectivity index (χ4n) is 2.96. The van der Waals surface area contributed by atoms with E-state index < -0.39 is 0 Å². The molecule has 1 fully saturated rings. The van der Waals surface area contributed by atoms with E-state index in [-0.39, 0.29) is 11.9 Å². The Labute approximate surface area is 151 Å². The molecule has 2 aromatic rings. The monoisotopic (exact) mass is 361 g/mol. The van der Waals surface area contributed by atoms with Gasteiger partial charge in [-0.3, -0.25) is 9.69 Å². The van der Waals surface area contributed by atoms with Crippen LogP contribution >= 0.6 is 11.3 Å². The molecule has 1 aliphatic rings. The molecule has 0 atom stereocenters. The van der Waals surface area contributed by atoms with Crippen molar-refractivity contribution in [2.45, 2.75) is 19.4 Å². The number of rotatable bonds is 6. The lowest BCUT2D eigenvalue weighted by Crippen LogP contribution is -2.36. The summed E-state index contributed by atoms with van der Waals surface area (Å²) in [5.74, 6) is 0.795. The lowest BCUT2D eigenvalue weighted by molar-refractivity contribution is -0.147. The van der Waals surface area contributed by atoms with Gasteiger partial charge in [0, 0.05) is 17.6 Å². The Balaban J connectivity index is 1.51. The molecule has 3 rings (SSSR count). The predicted octanol–water partition coefficient (Wildman–Crippen LogP) is 3.28. The van der Waals surface area contributed by atoms with Crippen LogP contribution in [-0.2, 0) is 16.1 Å². The number of hydrogen-bond acceptors (Lipinski definition) is 7. The van der Waals surface area contributed by atoms with Gasteiger partial charge in [-0.05, 0) is 50.2 Å². The number of anilines is 2. The maximum atomic E-state index is 11.6. The van der Waals surface area contributed by atoms with Gasteiger partial charge in [0.2, 0.25) is 0 Å². The van der Waals surface area contributed by atoms with Crippen LogP contribution < -0.4 is 10.1 Å². The van der Waals surface area contributed by atoms with E-state index in [0.717, 1.165) is 54.7 Å². The molecule has 0 bridgehead atoms. The van der Waals surface area contributed by atoms with Crippen molar-refractivity contribution in [3.63, 3.8) is 0 Å². The minimum Gasteiger partial charge on any atom is -0.497 e. The first-order chi connectivity index (χ1) is 12.2. The molecule has 0 saturated carbocycles. The van der Waals surface area contributed by atoms with Gasteiger partial charge < -0.3 is 14.8 Å². The van der Waals surface area contributed by atoms with E-state index in [1.165, 1.54) is 7.11 Å². The number of nitrogens with zero attached hydrogens (tertiary/aromatic N) is 2. The maximum absolute atomic E-state index is 11.6. The van der Waals surface area contributed by atoms with Crippen LogP contribution in [0, 0.1) is 5.92 Å². The van der Waals surface area contributed by atoms with Crippen LogP contribution in [-0.4, -0.2) is 43.2 Å². The first-order valence-corrected chi connectivity index (χ1v) is 9.21. The zero-order valence-corrected chi connectivity index (χ0v) is 15.3. The van der Waals surface area contributed by atoms with Gasteiger partial charge in [-0.15, -0.1) is 11.3 Å². The summed E-state index contributed by atoms with van der Waals surface area (Å²) in [5.41, 5.74) is 2.04. The summed E-state index contributed by atoms with van der Waals surface area (Å²) in [5, 5.41) is 6.28. The molecule has 2 heterocycles. The maximum Gasteiger partial charge on any atom is 0.308 e. The number of benzene rings is 1. The smallest absolute Gasteiger partial charge is 0.308 e. The largest absolute Gasteiger partial charge is 0.497 e. The molecule has 7 heteroatoms. The third-order valence-corrected chi connectivity index (χ3v) is 5.21. The number of methoxy groups -OCH3 is 2. The highest BCUT2D eigenvalue weighted by Crippen LogP contribution is 2.25. The molecule has 1 aliphatic heterocycles. The van der Waals surface area contributed by atoms with Gasteiger partial charge >= 0.3 is 5.97 Å². The van der Waals surface area contributed by atoms with E-state index in [4.69, 9.17) is 9.47 Å². The van der Waals surface area contributed by atoms with Crippen molar-refractivity contribution in [1.29, 1.82) is 0 Å². The van der Waals surface area contributed by atoms with E-state index in [1.54, 1.807) is 18.4 Å². The molecule has 0 amide bonds. The standard InChI is InChI=1S/C18H23N3O3S/c1-23-16-5-3-14(4-6-16)19-18-20-15(12-25-18)11-21-9-7-13(8-10-21)17(22)24-2/h3-6,12-13H,7-11H2,1-2H3,(H,19,20). The van der Waals surface area contributed by atoms with Crippen molar-refractivity contribution >= 4 is 28.1 Å². The fourth-order valence-corrected chi connectivity index (χ4v) is 3.68. The Kier molecular flexibility index (Phi) is 5.88. The van der Waals surface area contributed by atoms with Crippen LogP contribution in [0.5, 0.6) is 5.75 Å². The summed E-state index contributed by atoms with van der Waals surface area (Å²) in [7, 11) is 3.12. The number of ether oxygens (including phenoxy) is 2. The van der Waals surface area contributed by atoms with Crippen LogP contribution in [0.2, 0.25) is 0 Å². The Morgan fingerprint density at radius 2 is 2.00 bits per heavy atom. The van der Waals surface area contributed by atoms with E-state index in [2.05, 4.69) is 20.6 Å². The molecule has 0 aliphatic carbocycles. The molecule has 134 valence electrons. The second-order valence-electron chi connectivity index (χ2n) is 6.07. The second kappa shape index (κ2) is 8.31. The summed E-state index contributed by atoms with van der Waals surface area (Å²) in [6.07, 6.45) is 1.71. The Morgan fingerprint density at radius 1 is 1.28 bits per heavy atom. The summed E-state index contributed by atoms with van der Waals surface area (Å²) >= 11 is 1.60. The van der Waals surface area contributed by atoms with Crippen LogP contribution in [0.4, 0.5) is 10.8 Å². The Bertz CT molecular complexity index is 694. The quantitative estimate of drug-likeness (QED) is 0.797. The first-order valence-electron chi connectivity index (χ1n) is 8.33. The number of carbonyl (C=O) groups is 1. The lowest BCUT2D eigenvalue weighted by atomic mass is 9.97. The number of hydrogen-bond donors (Lipinski definition) is 1. The molecular weight excluding hydrogens is 338 g/mol. The van der Waals surface area contributed by atoms with Crippen molar-refractivity contribution in [3.05, 3.63) is 35.3 Å². The molecule has 1 saturated heterocycles. The highest BCUT2D eigenvalue weighted by Gasteiger charge is 2.25. The minimum atomic E-state index is -0.0840. The van der Waals surface area contributed by atoms with Crippen molar-refractivity contribution in [2.75, 3.05) is 32.6 Å². The summed E-state index contributed by atoms with van der Waals surface area (Å²) in [6, 6.07) is 7.78. The normalized spacial score (nSPS) is 15.8. The van der Waals surface area contributed by atoms with Crippen molar-refractivity contribution < 1.29 is 14.3 Å². The molecule has 0 spiro atoms. The van der Waals surface area contributed by atoms with Gasteiger partial charge in [0.1, 0.15) is 5.75 Å². The molecular formula is C18H23N3O3S. The van der Waals surface area contributed by atoms with E-state index in [9.17, 15) is 4.79 Å². The Morgan fingerprint density at radius 3 is 2.64 bits per heavy atom. The summed E-state index contributed by atoms with van der Waals surface area (Å²) < 4.78 is 10.00. The van der Waals surface area contributed by atoms with Gasteiger partial charge in [0.15, 0.2) is 5.13 Å². The minimum absolute atomic E-state index is 0.0454. The fraction of sp³-hybridized carbons (Fsp3) is 0.444. The number of piperidine rings is 1. The van der Waals surface area contributed by atoms with Crippen molar-refractivity contribution in [1.82, 2.24) is 9.88 Å². The molecule has 6 nitrogen and oxygen atoms in total. The third kappa shape index (κ3) is 4.70. The topological polar surface area (TPSA) is 63.7 Å². The zero-order chi connectivity index (χ0) is 17.6. The highest BCUT2D eigenvalue weighted by molar-refractivity contribution is 7.13. The number of aromatic nitrogens is 1. The predicted molar refractivity (Wildman–Crippen MR) is 98.4 cm³/mol. The Hall–Kier alpha value is -2.12. The van der Waals surface area contributed by atoms with Crippen molar-refractivity contribution in [2.24, 2.45) is 5.92 Å². The number of thiazole rings is 1. The van der Waals surface area contributed by atoms with Crippen LogP contribution in [0.25, 0.3) is 0 Å². The van der Waals surface area contributed by atoms with Crippen LogP contribution in [0.15, 0.2) is 29.6 Å². The van der Waals surface area contributed by atoms with Gasteiger partial charge in [0.05, 0.1) is 25.8 Å². The summed E-state index contributed by atoms with van der Waals surface area (Å²) in [6.45, 7) is 2.62. The van der Waals surface area contributed by atoms with Crippen LogP contribution in [0.3, 0.4) is 0 Å². The zero-order valence-electron chi connectivity index (χ0n) is 14.5. The lowest BCUT2D eigenvalue weighted by Gasteiger charge is -2.29. The van der Waals surface area contributed by atoms with Crippen molar-refractivity contribution in [3.8, 4) is 5.75 Å². The molecule has 0 unspecified atom stereocenters. The number of esters is 1. The van der Waals surface area contributed by atoms with E-state index in [0.29, 0.717) is 0 Å². The average Bonchev–Trinajstić information content (AvgIpc) is 3.09. The third-order valence-electron chi connectivity index (χ3n) is 4.40. The summed E-state index contributed by atoms with van der Waals surface area (Å²) in [4.78, 5) is 18.6. The van der Waals surface area contributed by atoms with Gasteiger partial charge in [0.25, 0.3) is 0 Å². The molecule has 1 aromatic heterocycles. The molecule has 1 N–H and O–H groups in total. The highest BCUT2D eigenvalue weighted by atomic mass is 32.1. The average molecular weight is 361 g/mol. The molecule has 1 aromatic carbocycles.